The Bertz CT molecular complexity index is 950. The van der Waals surface area contributed by atoms with Crippen LogP contribution in [0, 0.1) is 10.1 Å². The smallest absolute Gasteiger partial charge is 0.293 e. The number of carbonyl (C=O) groups excluding carboxylic acids is 2. The molecule has 2 amide bonds. The quantitative estimate of drug-likeness (QED) is 0.551. The maximum atomic E-state index is 12.7. The lowest BCUT2D eigenvalue weighted by atomic mass is 10.1. The fourth-order valence-corrected chi connectivity index (χ4v) is 3.66. The normalized spacial score (nSPS) is 13.2. The molecule has 8 heteroatoms. The van der Waals surface area contributed by atoms with Crippen molar-refractivity contribution in [1.82, 2.24) is 4.90 Å². The van der Waals surface area contributed by atoms with Gasteiger partial charge in [-0.05, 0) is 57.0 Å². The van der Waals surface area contributed by atoms with Crippen molar-refractivity contribution < 1.29 is 14.5 Å². The molecule has 1 aliphatic rings. The van der Waals surface area contributed by atoms with E-state index in [-0.39, 0.29) is 17.2 Å². The topological polar surface area (TPSA) is 95.8 Å². The molecule has 0 aromatic heterocycles. The average Bonchev–Trinajstić information content (AvgIpc) is 3.29. The van der Waals surface area contributed by atoms with E-state index in [1.807, 2.05) is 18.7 Å². The molecule has 1 heterocycles. The van der Waals surface area contributed by atoms with E-state index in [1.54, 1.807) is 41.3 Å². The minimum absolute atomic E-state index is 0.0741. The summed E-state index contributed by atoms with van der Waals surface area (Å²) in [5.41, 5.74) is 1.61. The summed E-state index contributed by atoms with van der Waals surface area (Å²) in [6.07, 6.45) is 2.00. The predicted molar refractivity (Wildman–Crippen MR) is 116 cm³/mol. The van der Waals surface area contributed by atoms with E-state index in [0.29, 0.717) is 30.0 Å². The zero-order chi connectivity index (χ0) is 21.7. The minimum Gasteiger partial charge on any atom is -0.366 e. The lowest BCUT2D eigenvalue weighted by Crippen LogP contribution is -2.30. The third kappa shape index (κ3) is 4.59. The Morgan fingerprint density at radius 2 is 1.77 bits per heavy atom. The number of benzene rings is 2. The molecule has 0 radical (unpaired) electrons. The van der Waals surface area contributed by atoms with Gasteiger partial charge in [-0.15, -0.1) is 0 Å². The summed E-state index contributed by atoms with van der Waals surface area (Å²) in [4.78, 5) is 40.0. The van der Waals surface area contributed by atoms with Gasteiger partial charge in [0.05, 0.1) is 4.92 Å². The molecule has 1 N–H and O–H groups in total. The lowest BCUT2D eigenvalue weighted by Gasteiger charge is -2.19. The number of rotatable bonds is 7. The highest BCUT2D eigenvalue weighted by Gasteiger charge is 2.24. The van der Waals surface area contributed by atoms with E-state index in [4.69, 9.17) is 0 Å². The van der Waals surface area contributed by atoms with Crippen molar-refractivity contribution in [3.05, 3.63) is 63.7 Å². The van der Waals surface area contributed by atoms with E-state index in [2.05, 4.69) is 5.32 Å². The second kappa shape index (κ2) is 9.39. The largest absolute Gasteiger partial charge is 0.366 e. The average molecular weight is 410 g/mol. The number of amides is 2. The Morgan fingerprint density at radius 3 is 2.40 bits per heavy atom. The van der Waals surface area contributed by atoms with Crippen molar-refractivity contribution in [3.63, 3.8) is 0 Å². The van der Waals surface area contributed by atoms with E-state index in [1.165, 1.54) is 6.07 Å². The van der Waals surface area contributed by atoms with Gasteiger partial charge in [0.25, 0.3) is 17.5 Å². The number of carbonyl (C=O) groups is 2. The monoisotopic (exact) mass is 410 g/mol. The van der Waals surface area contributed by atoms with Crippen LogP contribution in [0.15, 0.2) is 42.5 Å². The Labute approximate surface area is 175 Å². The van der Waals surface area contributed by atoms with Crippen molar-refractivity contribution in [3.8, 4) is 0 Å². The molecule has 2 aromatic rings. The fraction of sp³-hybridized carbons (Fsp3) is 0.364. The van der Waals surface area contributed by atoms with Gasteiger partial charge in [-0.1, -0.05) is 6.07 Å². The number of nitro benzene ring substituents is 1. The molecule has 1 aliphatic heterocycles. The number of hydrogen-bond donors (Lipinski definition) is 1. The summed E-state index contributed by atoms with van der Waals surface area (Å²) in [6, 6.07) is 11.3. The van der Waals surface area contributed by atoms with Crippen molar-refractivity contribution in [2.45, 2.75) is 26.7 Å². The van der Waals surface area contributed by atoms with Gasteiger partial charge < -0.3 is 15.1 Å². The number of nitrogens with one attached hydrogen (secondary N) is 1. The lowest BCUT2D eigenvalue weighted by molar-refractivity contribution is -0.384. The summed E-state index contributed by atoms with van der Waals surface area (Å²) in [5.74, 6) is -0.569. The van der Waals surface area contributed by atoms with Crippen molar-refractivity contribution in [2.75, 3.05) is 36.4 Å². The second-order valence-corrected chi connectivity index (χ2v) is 7.17. The third-order valence-corrected chi connectivity index (χ3v) is 5.30. The minimum atomic E-state index is -0.460. The standard InChI is InChI=1S/C22H26N4O4/c1-3-24(4-2)22(28)17-8-7-9-18(14-17)23-21(27)16-10-11-19(20(15-16)26(29)30)25-12-5-6-13-25/h7-11,14-15H,3-6,12-13H2,1-2H3,(H,23,27). The highest BCUT2D eigenvalue weighted by Crippen LogP contribution is 2.32. The summed E-state index contributed by atoms with van der Waals surface area (Å²) in [7, 11) is 0. The van der Waals surface area contributed by atoms with Crippen molar-refractivity contribution >= 4 is 28.9 Å². The SMILES string of the molecule is CCN(CC)C(=O)c1cccc(NC(=O)c2ccc(N3CCCC3)c([N+](=O)[O-])c2)c1. The first-order chi connectivity index (χ1) is 14.4. The Morgan fingerprint density at radius 1 is 1.07 bits per heavy atom. The fourth-order valence-electron chi connectivity index (χ4n) is 3.66. The molecule has 2 aromatic carbocycles. The maximum Gasteiger partial charge on any atom is 0.293 e. The summed E-state index contributed by atoms with van der Waals surface area (Å²) < 4.78 is 0. The van der Waals surface area contributed by atoms with Crippen LogP contribution in [0.3, 0.4) is 0 Å². The molecular formula is C22H26N4O4. The zero-order valence-corrected chi connectivity index (χ0v) is 17.3. The molecule has 8 nitrogen and oxygen atoms in total. The Kier molecular flexibility index (Phi) is 6.66. The van der Waals surface area contributed by atoms with Gasteiger partial charge in [-0.3, -0.25) is 19.7 Å². The highest BCUT2D eigenvalue weighted by molar-refractivity contribution is 6.06. The predicted octanol–water partition coefficient (Wildman–Crippen LogP) is 3.93. The van der Waals surface area contributed by atoms with Crippen LogP contribution in [0.25, 0.3) is 0 Å². The molecule has 0 spiro atoms. The molecule has 0 atom stereocenters. The number of nitro groups is 1. The molecule has 158 valence electrons. The van der Waals surface area contributed by atoms with E-state index >= 15 is 0 Å². The van der Waals surface area contributed by atoms with Crippen LogP contribution in [0.2, 0.25) is 0 Å². The Balaban J connectivity index is 1.81. The molecule has 0 saturated carbocycles. The highest BCUT2D eigenvalue weighted by atomic mass is 16.6. The molecule has 1 fully saturated rings. The number of nitrogens with zero attached hydrogens (tertiary/aromatic N) is 3. The molecular weight excluding hydrogens is 384 g/mol. The van der Waals surface area contributed by atoms with Crippen LogP contribution in [-0.2, 0) is 0 Å². The van der Waals surface area contributed by atoms with Crippen LogP contribution >= 0.6 is 0 Å². The first kappa shape index (κ1) is 21.3. The molecule has 3 rings (SSSR count). The summed E-state index contributed by atoms with van der Waals surface area (Å²) in [6.45, 7) is 6.56. The van der Waals surface area contributed by atoms with Gasteiger partial charge in [0.1, 0.15) is 5.69 Å². The van der Waals surface area contributed by atoms with E-state index in [9.17, 15) is 19.7 Å². The molecule has 1 saturated heterocycles. The maximum absolute atomic E-state index is 12.7. The van der Waals surface area contributed by atoms with Gasteiger partial charge >= 0.3 is 0 Å². The first-order valence-electron chi connectivity index (χ1n) is 10.2. The van der Waals surface area contributed by atoms with Crippen LogP contribution in [0.1, 0.15) is 47.4 Å². The van der Waals surface area contributed by atoms with Gasteiger partial charge in [-0.25, -0.2) is 0 Å². The van der Waals surface area contributed by atoms with Gasteiger partial charge in [-0.2, -0.15) is 0 Å². The van der Waals surface area contributed by atoms with Crippen molar-refractivity contribution in [1.29, 1.82) is 0 Å². The van der Waals surface area contributed by atoms with Crippen LogP contribution < -0.4 is 10.2 Å². The Hall–Kier alpha value is -3.42. The zero-order valence-electron chi connectivity index (χ0n) is 17.3. The van der Waals surface area contributed by atoms with Crippen LogP contribution in [0.4, 0.5) is 17.1 Å². The second-order valence-electron chi connectivity index (χ2n) is 7.17. The summed E-state index contributed by atoms with van der Waals surface area (Å²) in [5, 5.41) is 14.3. The van der Waals surface area contributed by atoms with Gasteiger partial charge in [0, 0.05) is 49.1 Å². The number of anilines is 2. The van der Waals surface area contributed by atoms with Gasteiger partial charge in [0.15, 0.2) is 0 Å². The van der Waals surface area contributed by atoms with Gasteiger partial charge in [0.2, 0.25) is 0 Å². The molecule has 0 unspecified atom stereocenters. The van der Waals surface area contributed by atoms with E-state index in [0.717, 1.165) is 25.9 Å². The summed E-state index contributed by atoms with van der Waals surface area (Å²) >= 11 is 0. The number of hydrogen-bond acceptors (Lipinski definition) is 5. The molecule has 0 aliphatic carbocycles. The first-order valence-corrected chi connectivity index (χ1v) is 10.2. The van der Waals surface area contributed by atoms with Crippen LogP contribution in [-0.4, -0.2) is 47.8 Å². The molecule has 30 heavy (non-hydrogen) atoms. The third-order valence-electron chi connectivity index (χ3n) is 5.30. The molecule has 0 bridgehead atoms. The van der Waals surface area contributed by atoms with E-state index < -0.39 is 10.8 Å². The van der Waals surface area contributed by atoms with Crippen molar-refractivity contribution in [2.24, 2.45) is 0 Å². The van der Waals surface area contributed by atoms with Crippen LogP contribution in [0.5, 0.6) is 0 Å².